The molecule has 1 aromatic heterocycles. The van der Waals surface area contributed by atoms with Gasteiger partial charge in [-0.15, -0.1) is 0 Å². The molecule has 0 aliphatic carbocycles. The molecule has 8 heteroatoms. The van der Waals surface area contributed by atoms with E-state index in [1.54, 1.807) is 24.3 Å². The van der Waals surface area contributed by atoms with Crippen molar-refractivity contribution in [3.05, 3.63) is 40.1 Å². The van der Waals surface area contributed by atoms with Gasteiger partial charge in [0.15, 0.2) is 11.5 Å². The summed E-state index contributed by atoms with van der Waals surface area (Å²) in [7, 11) is -0.676. The predicted octanol–water partition coefficient (Wildman–Crippen LogP) is 3.44. The number of ether oxygens (including phenoxy) is 2. The standard InChI is InChI=1S/C19H28N2O4S2/c1-6-21(7-2)16(15-8-9-26-13-15)12-20-27(22,23)19-11-18(25-5)17(24-4)10-14(19)3/h8-11,13,16,20H,6-7,12H2,1-5H3. The lowest BCUT2D eigenvalue weighted by atomic mass is 10.1. The first-order valence-electron chi connectivity index (χ1n) is 8.86. The second-order valence-corrected chi connectivity index (χ2v) is 8.63. The minimum absolute atomic E-state index is 0.0125. The number of aryl methyl sites for hydroxylation is 1. The number of benzene rings is 1. The van der Waals surface area contributed by atoms with Crippen molar-refractivity contribution in [2.24, 2.45) is 0 Å². The summed E-state index contributed by atoms with van der Waals surface area (Å²) in [5, 5.41) is 4.08. The first kappa shape index (κ1) is 21.7. The third kappa shape index (κ3) is 5.01. The Hall–Kier alpha value is -1.61. The highest BCUT2D eigenvalue weighted by atomic mass is 32.2. The largest absolute Gasteiger partial charge is 0.493 e. The van der Waals surface area contributed by atoms with Gasteiger partial charge in [-0.05, 0) is 54.0 Å². The maximum absolute atomic E-state index is 13.0. The smallest absolute Gasteiger partial charge is 0.241 e. The van der Waals surface area contributed by atoms with Crippen LogP contribution in [0.4, 0.5) is 0 Å². The fraction of sp³-hybridized carbons (Fsp3) is 0.474. The third-order valence-corrected chi connectivity index (χ3v) is 6.89. The van der Waals surface area contributed by atoms with Crippen LogP contribution in [0.1, 0.15) is 31.0 Å². The molecule has 1 aromatic carbocycles. The highest BCUT2D eigenvalue weighted by molar-refractivity contribution is 7.89. The lowest BCUT2D eigenvalue weighted by Crippen LogP contribution is -2.38. The van der Waals surface area contributed by atoms with E-state index in [9.17, 15) is 8.42 Å². The zero-order valence-corrected chi connectivity index (χ0v) is 18.1. The van der Waals surface area contributed by atoms with Crippen LogP contribution < -0.4 is 14.2 Å². The van der Waals surface area contributed by atoms with Crippen LogP contribution in [0.25, 0.3) is 0 Å². The molecule has 1 heterocycles. The molecule has 0 saturated carbocycles. The zero-order chi connectivity index (χ0) is 20.0. The Bertz CT molecular complexity index is 832. The zero-order valence-electron chi connectivity index (χ0n) is 16.5. The Morgan fingerprint density at radius 2 is 1.78 bits per heavy atom. The van der Waals surface area contributed by atoms with Crippen LogP contribution in [0, 0.1) is 6.92 Å². The van der Waals surface area contributed by atoms with Crippen molar-refractivity contribution in [3.8, 4) is 11.5 Å². The van der Waals surface area contributed by atoms with E-state index in [2.05, 4.69) is 28.8 Å². The average molecular weight is 413 g/mol. The summed E-state index contributed by atoms with van der Waals surface area (Å²) < 4.78 is 39.2. The van der Waals surface area contributed by atoms with Crippen LogP contribution >= 0.6 is 11.3 Å². The van der Waals surface area contributed by atoms with Gasteiger partial charge in [0.1, 0.15) is 0 Å². The van der Waals surface area contributed by atoms with Gasteiger partial charge in [-0.1, -0.05) is 13.8 Å². The molecule has 0 aliphatic rings. The fourth-order valence-electron chi connectivity index (χ4n) is 3.10. The van der Waals surface area contributed by atoms with Crippen molar-refractivity contribution in [3.63, 3.8) is 0 Å². The van der Waals surface area contributed by atoms with Crippen molar-refractivity contribution in [1.82, 2.24) is 9.62 Å². The number of nitrogens with zero attached hydrogens (tertiary/aromatic N) is 1. The van der Waals surface area contributed by atoms with Crippen LogP contribution in [0.15, 0.2) is 33.9 Å². The van der Waals surface area contributed by atoms with E-state index in [0.29, 0.717) is 23.6 Å². The molecule has 0 saturated heterocycles. The summed E-state index contributed by atoms with van der Waals surface area (Å²) in [4.78, 5) is 2.44. The Labute approximate surface area is 166 Å². The van der Waals surface area contributed by atoms with Crippen LogP contribution in [-0.2, 0) is 10.0 Å². The van der Waals surface area contributed by atoms with Crippen molar-refractivity contribution in [2.75, 3.05) is 33.9 Å². The van der Waals surface area contributed by atoms with E-state index < -0.39 is 10.0 Å². The Morgan fingerprint density at radius 1 is 1.15 bits per heavy atom. The van der Waals surface area contributed by atoms with Crippen LogP contribution in [0.3, 0.4) is 0 Å². The van der Waals surface area contributed by atoms with E-state index >= 15 is 0 Å². The van der Waals surface area contributed by atoms with Crippen molar-refractivity contribution in [1.29, 1.82) is 0 Å². The quantitative estimate of drug-likeness (QED) is 0.647. The molecule has 27 heavy (non-hydrogen) atoms. The third-order valence-electron chi connectivity index (χ3n) is 4.62. The number of hydrogen-bond donors (Lipinski definition) is 1. The second-order valence-electron chi connectivity index (χ2n) is 6.12. The van der Waals surface area contributed by atoms with Crippen LogP contribution in [-0.4, -0.2) is 47.2 Å². The van der Waals surface area contributed by atoms with Crippen LogP contribution in [0.5, 0.6) is 11.5 Å². The number of nitrogens with one attached hydrogen (secondary N) is 1. The monoisotopic (exact) mass is 412 g/mol. The minimum atomic E-state index is -3.69. The molecule has 0 bridgehead atoms. The number of methoxy groups -OCH3 is 2. The number of hydrogen-bond acceptors (Lipinski definition) is 6. The normalized spacial score (nSPS) is 13.0. The molecule has 2 rings (SSSR count). The van der Waals surface area contributed by atoms with Gasteiger partial charge in [0, 0.05) is 18.7 Å². The van der Waals surface area contributed by atoms with Gasteiger partial charge in [0.05, 0.1) is 19.1 Å². The first-order chi connectivity index (χ1) is 12.9. The molecule has 1 atom stereocenters. The Morgan fingerprint density at radius 3 is 2.30 bits per heavy atom. The molecule has 0 amide bonds. The maximum atomic E-state index is 13.0. The minimum Gasteiger partial charge on any atom is -0.493 e. The molecule has 1 N–H and O–H groups in total. The average Bonchev–Trinajstić information content (AvgIpc) is 3.18. The molecule has 150 valence electrons. The molecule has 0 spiro atoms. The van der Waals surface area contributed by atoms with Gasteiger partial charge in [-0.2, -0.15) is 11.3 Å². The Balaban J connectivity index is 2.29. The van der Waals surface area contributed by atoms with Gasteiger partial charge in [0.2, 0.25) is 10.0 Å². The van der Waals surface area contributed by atoms with Crippen molar-refractivity contribution >= 4 is 21.4 Å². The summed E-state index contributed by atoms with van der Waals surface area (Å²) >= 11 is 1.61. The summed E-state index contributed by atoms with van der Waals surface area (Å²) in [6.07, 6.45) is 0. The molecule has 2 aromatic rings. The molecule has 0 fully saturated rings. The van der Waals surface area contributed by atoms with E-state index in [1.807, 2.05) is 11.4 Å². The van der Waals surface area contributed by atoms with Gasteiger partial charge in [-0.25, -0.2) is 13.1 Å². The summed E-state index contributed by atoms with van der Waals surface area (Å²) in [5.74, 6) is 0.898. The second kappa shape index (κ2) is 9.54. The highest BCUT2D eigenvalue weighted by Crippen LogP contribution is 2.32. The summed E-state index contributed by atoms with van der Waals surface area (Å²) in [6.45, 7) is 7.89. The molecular formula is C19H28N2O4S2. The molecular weight excluding hydrogens is 384 g/mol. The highest BCUT2D eigenvalue weighted by Gasteiger charge is 2.24. The van der Waals surface area contributed by atoms with Crippen molar-refractivity contribution < 1.29 is 17.9 Å². The SMILES string of the molecule is CCN(CC)C(CNS(=O)(=O)c1cc(OC)c(OC)cc1C)c1ccsc1. The molecule has 1 unspecified atom stereocenters. The first-order valence-corrected chi connectivity index (χ1v) is 11.3. The number of sulfonamides is 1. The lowest BCUT2D eigenvalue weighted by molar-refractivity contribution is 0.220. The summed E-state index contributed by atoms with van der Waals surface area (Å²) in [5.41, 5.74) is 1.73. The van der Waals surface area contributed by atoms with E-state index in [-0.39, 0.29) is 10.9 Å². The maximum Gasteiger partial charge on any atom is 0.241 e. The van der Waals surface area contributed by atoms with Crippen LogP contribution in [0.2, 0.25) is 0 Å². The molecule has 0 aliphatic heterocycles. The lowest BCUT2D eigenvalue weighted by Gasteiger charge is -2.29. The van der Waals surface area contributed by atoms with E-state index in [4.69, 9.17) is 9.47 Å². The van der Waals surface area contributed by atoms with Gasteiger partial charge in [0.25, 0.3) is 0 Å². The van der Waals surface area contributed by atoms with Gasteiger partial charge >= 0.3 is 0 Å². The number of thiophene rings is 1. The van der Waals surface area contributed by atoms with Crippen molar-refractivity contribution in [2.45, 2.75) is 31.7 Å². The fourth-order valence-corrected chi connectivity index (χ4v) is 5.09. The number of likely N-dealkylation sites (N-methyl/N-ethyl adjacent to an activating group) is 1. The predicted molar refractivity (Wildman–Crippen MR) is 109 cm³/mol. The van der Waals surface area contributed by atoms with E-state index in [0.717, 1.165) is 18.7 Å². The summed E-state index contributed by atoms with van der Waals surface area (Å²) in [6, 6.07) is 5.21. The number of rotatable bonds is 10. The van der Waals surface area contributed by atoms with Gasteiger partial charge in [-0.3, -0.25) is 4.90 Å². The molecule has 6 nitrogen and oxygen atoms in total. The topological polar surface area (TPSA) is 67.9 Å². The molecule has 0 radical (unpaired) electrons. The van der Waals surface area contributed by atoms with E-state index in [1.165, 1.54) is 20.3 Å². The van der Waals surface area contributed by atoms with Gasteiger partial charge < -0.3 is 9.47 Å². The Kier molecular flexibility index (Phi) is 7.67.